The van der Waals surface area contributed by atoms with Gasteiger partial charge in [0.1, 0.15) is 0 Å². The lowest BCUT2D eigenvalue weighted by molar-refractivity contribution is -0.122. The van der Waals surface area contributed by atoms with Gasteiger partial charge in [-0.25, -0.2) is 8.42 Å². The van der Waals surface area contributed by atoms with Gasteiger partial charge in [0.2, 0.25) is 15.9 Å². The molecule has 24 heavy (non-hydrogen) atoms. The van der Waals surface area contributed by atoms with E-state index in [1.807, 2.05) is 6.92 Å². The number of sulfonamides is 1. The molecule has 2 rings (SSSR count). The predicted molar refractivity (Wildman–Crippen MR) is 95.1 cm³/mol. The minimum absolute atomic E-state index is 0.167. The van der Waals surface area contributed by atoms with Gasteiger partial charge in [0.25, 0.3) is 0 Å². The van der Waals surface area contributed by atoms with Gasteiger partial charge in [-0.1, -0.05) is 29.3 Å². The molecule has 1 atom stereocenters. The van der Waals surface area contributed by atoms with Gasteiger partial charge in [0, 0.05) is 6.54 Å². The average molecular weight is 350 g/mol. The van der Waals surface area contributed by atoms with Crippen LogP contribution in [0.5, 0.6) is 0 Å². The molecule has 0 radical (unpaired) electrons. The van der Waals surface area contributed by atoms with Crippen molar-refractivity contribution in [3.63, 3.8) is 0 Å². The number of hydrogen-bond acceptors (Lipinski definition) is 3. The molecule has 1 aliphatic rings. The summed E-state index contributed by atoms with van der Waals surface area (Å²) in [6, 6.07) is 5.74. The number of benzene rings is 1. The number of carbonyl (C=O) groups is 1. The first-order valence-corrected chi connectivity index (χ1v) is 9.91. The van der Waals surface area contributed by atoms with Crippen molar-refractivity contribution in [2.24, 2.45) is 0 Å². The molecular weight excluding hydrogens is 324 g/mol. The standard InChI is InChI=1S/C18H26N2O3S/c1-14-8-10-17(11-9-14)24(22,23)20-15(2)18(21)19-13-12-16-6-4-3-5-7-16/h6,8-11,15,20H,3-5,7,12-13H2,1-2H3,(H,19,21)/t15-/m0/s1. The predicted octanol–water partition coefficient (Wildman–Crippen LogP) is 2.67. The minimum Gasteiger partial charge on any atom is -0.354 e. The van der Waals surface area contributed by atoms with Crippen molar-refractivity contribution in [3.8, 4) is 0 Å². The number of carbonyl (C=O) groups excluding carboxylic acids is 1. The van der Waals surface area contributed by atoms with Crippen molar-refractivity contribution >= 4 is 15.9 Å². The number of allylic oxidation sites excluding steroid dienone is 1. The molecule has 0 saturated heterocycles. The smallest absolute Gasteiger partial charge is 0.241 e. The molecule has 0 fully saturated rings. The summed E-state index contributed by atoms with van der Waals surface area (Å²) in [6.07, 6.45) is 7.77. The molecule has 0 heterocycles. The average Bonchev–Trinajstić information content (AvgIpc) is 2.55. The summed E-state index contributed by atoms with van der Waals surface area (Å²) in [6.45, 7) is 3.99. The van der Waals surface area contributed by atoms with Gasteiger partial charge in [-0.15, -0.1) is 0 Å². The summed E-state index contributed by atoms with van der Waals surface area (Å²) in [4.78, 5) is 12.3. The summed E-state index contributed by atoms with van der Waals surface area (Å²) in [7, 11) is -3.69. The van der Waals surface area contributed by atoms with E-state index in [1.165, 1.54) is 30.5 Å². The van der Waals surface area contributed by atoms with Crippen LogP contribution in [-0.2, 0) is 14.8 Å². The Morgan fingerprint density at radius 3 is 2.54 bits per heavy atom. The second kappa shape index (κ2) is 8.44. The normalized spacial score (nSPS) is 16.3. The quantitative estimate of drug-likeness (QED) is 0.743. The van der Waals surface area contributed by atoms with E-state index in [9.17, 15) is 13.2 Å². The van der Waals surface area contributed by atoms with Crippen LogP contribution < -0.4 is 10.0 Å². The van der Waals surface area contributed by atoms with Crippen molar-refractivity contribution < 1.29 is 13.2 Å². The van der Waals surface area contributed by atoms with Gasteiger partial charge in [0.15, 0.2) is 0 Å². The van der Waals surface area contributed by atoms with E-state index in [-0.39, 0.29) is 10.8 Å². The van der Waals surface area contributed by atoms with Crippen LogP contribution >= 0.6 is 0 Å². The molecule has 1 aromatic carbocycles. The highest BCUT2D eigenvalue weighted by molar-refractivity contribution is 7.89. The maximum absolute atomic E-state index is 12.3. The first-order chi connectivity index (χ1) is 11.4. The fourth-order valence-corrected chi connectivity index (χ4v) is 3.91. The Hall–Kier alpha value is -1.66. The molecular formula is C18H26N2O3S. The van der Waals surface area contributed by atoms with Crippen molar-refractivity contribution in [2.75, 3.05) is 6.54 Å². The molecule has 0 bridgehead atoms. The van der Waals surface area contributed by atoms with Gasteiger partial charge in [-0.05, 0) is 58.1 Å². The number of aryl methyl sites for hydroxylation is 1. The Bertz CT molecular complexity index is 693. The SMILES string of the molecule is Cc1ccc(S(=O)(=O)N[C@@H](C)C(=O)NCCC2=CCCCC2)cc1. The van der Waals surface area contributed by atoms with Crippen LogP contribution in [0.2, 0.25) is 0 Å². The van der Waals surface area contributed by atoms with Gasteiger partial charge < -0.3 is 5.32 Å². The van der Waals surface area contributed by atoms with Crippen molar-refractivity contribution in [3.05, 3.63) is 41.5 Å². The molecule has 0 aromatic heterocycles. The van der Waals surface area contributed by atoms with Crippen LogP contribution in [-0.4, -0.2) is 26.9 Å². The summed E-state index contributed by atoms with van der Waals surface area (Å²) in [5.41, 5.74) is 2.37. The van der Waals surface area contributed by atoms with Crippen molar-refractivity contribution in [2.45, 2.75) is 56.9 Å². The Morgan fingerprint density at radius 2 is 1.92 bits per heavy atom. The molecule has 6 heteroatoms. The van der Waals surface area contributed by atoms with Crippen LogP contribution in [0.1, 0.15) is 44.6 Å². The minimum atomic E-state index is -3.69. The molecule has 1 aliphatic carbocycles. The van der Waals surface area contributed by atoms with E-state index < -0.39 is 16.1 Å². The lowest BCUT2D eigenvalue weighted by atomic mass is 9.97. The zero-order chi connectivity index (χ0) is 17.6. The Balaban J connectivity index is 1.84. The van der Waals surface area contributed by atoms with Crippen LogP contribution in [0, 0.1) is 6.92 Å². The summed E-state index contributed by atoms with van der Waals surface area (Å²) >= 11 is 0. The van der Waals surface area contributed by atoms with E-state index in [4.69, 9.17) is 0 Å². The second-order valence-electron chi connectivity index (χ2n) is 6.31. The molecule has 1 amide bonds. The number of amides is 1. The van der Waals surface area contributed by atoms with E-state index in [2.05, 4.69) is 16.1 Å². The Morgan fingerprint density at radius 1 is 1.21 bits per heavy atom. The van der Waals surface area contributed by atoms with Gasteiger partial charge in [0.05, 0.1) is 10.9 Å². The van der Waals surface area contributed by atoms with Crippen molar-refractivity contribution in [1.82, 2.24) is 10.0 Å². The van der Waals surface area contributed by atoms with Crippen LogP contribution in [0.15, 0.2) is 40.8 Å². The van der Waals surface area contributed by atoms with E-state index in [1.54, 1.807) is 19.1 Å². The van der Waals surface area contributed by atoms with Crippen LogP contribution in [0.3, 0.4) is 0 Å². The largest absolute Gasteiger partial charge is 0.354 e. The number of nitrogens with one attached hydrogen (secondary N) is 2. The molecule has 0 saturated carbocycles. The van der Waals surface area contributed by atoms with Gasteiger partial charge in [-0.2, -0.15) is 4.72 Å². The Labute approximate surface area is 144 Å². The zero-order valence-corrected chi connectivity index (χ0v) is 15.2. The third kappa shape index (κ3) is 5.46. The maximum atomic E-state index is 12.3. The number of rotatable bonds is 7. The van der Waals surface area contributed by atoms with E-state index in [0.717, 1.165) is 24.8 Å². The maximum Gasteiger partial charge on any atom is 0.241 e. The van der Waals surface area contributed by atoms with Gasteiger partial charge in [-0.3, -0.25) is 4.79 Å². The molecule has 132 valence electrons. The molecule has 0 spiro atoms. The monoisotopic (exact) mass is 350 g/mol. The highest BCUT2D eigenvalue weighted by Gasteiger charge is 2.21. The first kappa shape index (κ1) is 18.7. The van der Waals surface area contributed by atoms with E-state index >= 15 is 0 Å². The summed E-state index contributed by atoms with van der Waals surface area (Å²) in [5, 5.41) is 2.81. The highest BCUT2D eigenvalue weighted by Crippen LogP contribution is 2.19. The summed E-state index contributed by atoms with van der Waals surface area (Å²) < 4.78 is 27.0. The molecule has 5 nitrogen and oxygen atoms in total. The fraction of sp³-hybridized carbons (Fsp3) is 0.500. The first-order valence-electron chi connectivity index (χ1n) is 8.43. The molecule has 0 aliphatic heterocycles. The molecule has 1 aromatic rings. The van der Waals surface area contributed by atoms with Crippen LogP contribution in [0.25, 0.3) is 0 Å². The zero-order valence-electron chi connectivity index (χ0n) is 14.3. The number of hydrogen-bond donors (Lipinski definition) is 2. The van der Waals surface area contributed by atoms with Crippen LogP contribution in [0.4, 0.5) is 0 Å². The fourth-order valence-electron chi connectivity index (χ4n) is 2.70. The van der Waals surface area contributed by atoms with Crippen molar-refractivity contribution in [1.29, 1.82) is 0 Å². The summed E-state index contributed by atoms with van der Waals surface area (Å²) in [5.74, 6) is -0.304. The molecule has 2 N–H and O–H groups in total. The lowest BCUT2D eigenvalue weighted by Gasteiger charge is -2.16. The van der Waals surface area contributed by atoms with E-state index in [0.29, 0.717) is 6.54 Å². The second-order valence-corrected chi connectivity index (χ2v) is 8.02. The Kier molecular flexibility index (Phi) is 6.57. The molecule has 0 unspecified atom stereocenters. The van der Waals surface area contributed by atoms with Gasteiger partial charge >= 0.3 is 0 Å². The third-order valence-electron chi connectivity index (χ3n) is 4.19. The topological polar surface area (TPSA) is 75.3 Å². The third-order valence-corrected chi connectivity index (χ3v) is 5.74. The lowest BCUT2D eigenvalue weighted by Crippen LogP contribution is -2.45. The highest BCUT2D eigenvalue weighted by atomic mass is 32.2.